The Morgan fingerprint density at radius 3 is 2.60 bits per heavy atom. The van der Waals surface area contributed by atoms with Crippen LogP contribution in [-0.2, 0) is 20.8 Å². The number of carbonyl (C=O) groups is 4. The van der Waals surface area contributed by atoms with E-state index in [-0.39, 0.29) is 18.4 Å². The van der Waals surface area contributed by atoms with Crippen molar-refractivity contribution in [1.29, 1.82) is 0 Å². The van der Waals surface area contributed by atoms with Crippen LogP contribution in [-0.4, -0.2) is 34.6 Å². The van der Waals surface area contributed by atoms with E-state index in [4.69, 9.17) is 0 Å². The van der Waals surface area contributed by atoms with Crippen molar-refractivity contribution in [3.63, 3.8) is 0 Å². The number of hydrogen-bond acceptors (Lipinski definition) is 4. The Bertz CT molecular complexity index is 670. The predicted octanol–water partition coefficient (Wildman–Crippen LogP) is -0.234. The summed E-state index contributed by atoms with van der Waals surface area (Å²) in [6.45, 7) is 0. The van der Waals surface area contributed by atoms with Gasteiger partial charge in [0.05, 0.1) is 18.4 Å². The third-order valence-electron chi connectivity index (χ3n) is 3.40. The van der Waals surface area contributed by atoms with Gasteiger partial charge in [-0.3, -0.25) is 29.4 Å². The van der Waals surface area contributed by atoms with E-state index in [1.54, 1.807) is 0 Å². The average molecular weight is 276 g/mol. The second-order valence-electron chi connectivity index (χ2n) is 4.65. The first kappa shape index (κ1) is 12.5. The number of imide groups is 2. The van der Waals surface area contributed by atoms with Crippen LogP contribution in [0.5, 0.6) is 0 Å². The monoisotopic (exact) mass is 276 g/mol. The summed E-state index contributed by atoms with van der Waals surface area (Å²) in [6.07, 6.45) is -0.448. The molecule has 0 aliphatic carbocycles. The molecule has 0 radical (unpaired) electrons. The number of nitrogens with zero attached hydrogens (tertiary/aromatic N) is 1. The average Bonchev–Trinajstić information content (AvgIpc) is 2.68. The number of halogens is 1. The summed E-state index contributed by atoms with van der Waals surface area (Å²) < 4.78 is 13.8. The molecular formula is C13H9FN2O4. The fraction of sp³-hybridized carbons (Fsp3) is 0.231. The van der Waals surface area contributed by atoms with E-state index in [1.165, 1.54) is 12.1 Å². The minimum absolute atomic E-state index is 0.170. The van der Waals surface area contributed by atoms with Gasteiger partial charge in [-0.25, -0.2) is 4.39 Å². The fourth-order valence-corrected chi connectivity index (χ4v) is 2.50. The van der Waals surface area contributed by atoms with Gasteiger partial charge in [-0.1, -0.05) is 12.1 Å². The zero-order chi connectivity index (χ0) is 14.4. The number of amides is 4. The maximum atomic E-state index is 13.8. The topological polar surface area (TPSA) is 83.6 Å². The van der Waals surface area contributed by atoms with E-state index in [2.05, 4.69) is 0 Å². The number of carbonyl (C=O) groups excluding carboxylic acids is 4. The van der Waals surface area contributed by atoms with Crippen molar-refractivity contribution in [3.8, 4) is 0 Å². The lowest BCUT2D eigenvalue weighted by Crippen LogP contribution is -2.51. The Kier molecular flexibility index (Phi) is 2.63. The van der Waals surface area contributed by atoms with E-state index in [9.17, 15) is 23.6 Å². The Morgan fingerprint density at radius 2 is 1.95 bits per heavy atom. The van der Waals surface area contributed by atoms with Gasteiger partial charge in [-0.05, 0) is 11.6 Å². The van der Waals surface area contributed by atoms with Crippen LogP contribution in [0.2, 0.25) is 0 Å². The Balaban J connectivity index is 2.04. The first-order valence-corrected chi connectivity index (χ1v) is 5.96. The minimum Gasteiger partial charge on any atom is -0.295 e. The van der Waals surface area contributed by atoms with Crippen molar-refractivity contribution in [2.75, 3.05) is 0 Å². The highest BCUT2D eigenvalue weighted by Gasteiger charge is 2.44. The zero-order valence-corrected chi connectivity index (χ0v) is 10.2. The maximum Gasteiger partial charge on any atom is 0.264 e. The summed E-state index contributed by atoms with van der Waals surface area (Å²) in [6, 6.07) is 2.84. The molecule has 1 aromatic carbocycles. The lowest BCUT2D eigenvalue weighted by Gasteiger charge is -2.29. The molecule has 1 aromatic rings. The third kappa shape index (κ3) is 1.70. The van der Waals surface area contributed by atoms with E-state index in [0.717, 1.165) is 6.07 Å². The van der Waals surface area contributed by atoms with Gasteiger partial charge in [0.2, 0.25) is 17.7 Å². The molecule has 102 valence electrons. The molecule has 1 saturated heterocycles. The molecule has 6 nitrogen and oxygen atoms in total. The minimum atomic E-state index is -1.18. The summed E-state index contributed by atoms with van der Waals surface area (Å²) in [7, 11) is 0. The van der Waals surface area contributed by atoms with Gasteiger partial charge in [-0.2, -0.15) is 0 Å². The van der Waals surface area contributed by atoms with E-state index in [1.807, 2.05) is 5.32 Å². The second kappa shape index (κ2) is 4.22. The van der Waals surface area contributed by atoms with Gasteiger partial charge >= 0.3 is 0 Å². The Hall–Kier alpha value is -2.57. The van der Waals surface area contributed by atoms with Crippen molar-refractivity contribution in [2.45, 2.75) is 18.9 Å². The van der Waals surface area contributed by atoms with Crippen LogP contribution in [0.4, 0.5) is 4.39 Å². The molecule has 0 bridgehead atoms. The third-order valence-corrected chi connectivity index (χ3v) is 3.40. The predicted molar refractivity (Wildman–Crippen MR) is 62.8 cm³/mol. The highest BCUT2D eigenvalue weighted by atomic mass is 19.1. The van der Waals surface area contributed by atoms with E-state index in [0.29, 0.717) is 10.5 Å². The lowest BCUT2D eigenvalue weighted by molar-refractivity contribution is -0.136. The molecule has 0 aromatic heterocycles. The molecule has 0 saturated carbocycles. The molecule has 1 atom stereocenters. The number of benzene rings is 1. The quantitative estimate of drug-likeness (QED) is 0.718. The van der Waals surface area contributed by atoms with Gasteiger partial charge in [0, 0.05) is 0 Å². The van der Waals surface area contributed by atoms with Crippen LogP contribution in [0.25, 0.3) is 0 Å². The molecule has 1 N–H and O–H groups in total. The standard InChI is InChI=1S/C13H9FN2O4/c14-7-3-1-2-6-4-10(18)16(13(20)11(6)7)8-5-9(17)15-12(8)19/h1-3,8H,4-5H2,(H,15,17,19). The van der Waals surface area contributed by atoms with E-state index < -0.39 is 35.5 Å². The molecule has 2 aliphatic rings. The number of rotatable bonds is 1. The summed E-state index contributed by atoms with van der Waals surface area (Å²) in [5.74, 6) is -3.49. The largest absolute Gasteiger partial charge is 0.295 e. The molecule has 1 unspecified atom stereocenters. The zero-order valence-electron chi connectivity index (χ0n) is 10.2. The maximum absolute atomic E-state index is 13.8. The molecule has 0 spiro atoms. The van der Waals surface area contributed by atoms with Crippen molar-refractivity contribution in [3.05, 3.63) is 35.1 Å². The van der Waals surface area contributed by atoms with Crippen LogP contribution >= 0.6 is 0 Å². The summed E-state index contributed by atoms with van der Waals surface area (Å²) in [5.41, 5.74) is 0.0835. The van der Waals surface area contributed by atoms with Crippen molar-refractivity contribution in [1.82, 2.24) is 10.2 Å². The number of hydrogen-bond donors (Lipinski definition) is 1. The summed E-state index contributed by atoms with van der Waals surface area (Å²) in [4.78, 5) is 47.7. The van der Waals surface area contributed by atoms with Crippen molar-refractivity contribution < 1.29 is 23.6 Å². The molecular weight excluding hydrogens is 267 g/mol. The number of fused-ring (bicyclic) bond motifs is 1. The molecule has 2 heterocycles. The van der Waals surface area contributed by atoms with Gasteiger partial charge in [0.1, 0.15) is 11.9 Å². The van der Waals surface area contributed by atoms with Gasteiger partial charge in [0.15, 0.2) is 0 Å². The van der Waals surface area contributed by atoms with Crippen LogP contribution < -0.4 is 5.32 Å². The fourth-order valence-electron chi connectivity index (χ4n) is 2.50. The number of nitrogens with one attached hydrogen (secondary N) is 1. The molecule has 4 amide bonds. The molecule has 20 heavy (non-hydrogen) atoms. The lowest BCUT2D eigenvalue weighted by atomic mass is 9.96. The SMILES string of the molecule is O=C1CC(N2C(=O)Cc3cccc(F)c3C2=O)C(=O)N1. The van der Waals surface area contributed by atoms with Crippen LogP contribution in [0, 0.1) is 5.82 Å². The molecule has 7 heteroatoms. The van der Waals surface area contributed by atoms with Gasteiger partial charge in [0.25, 0.3) is 5.91 Å². The van der Waals surface area contributed by atoms with Crippen LogP contribution in [0.15, 0.2) is 18.2 Å². The summed E-state index contributed by atoms with van der Waals surface area (Å²) in [5, 5.41) is 2.03. The highest BCUT2D eigenvalue weighted by molar-refractivity contribution is 6.15. The van der Waals surface area contributed by atoms with Gasteiger partial charge < -0.3 is 0 Å². The Morgan fingerprint density at radius 1 is 1.20 bits per heavy atom. The first-order valence-electron chi connectivity index (χ1n) is 5.96. The van der Waals surface area contributed by atoms with Crippen molar-refractivity contribution >= 4 is 23.6 Å². The van der Waals surface area contributed by atoms with Crippen LogP contribution in [0.3, 0.4) is 0 Å². The van der Waals surface area contributed by atoms with Crippen LogP contribution in [0.1, 0.15) is 22.3 Å². The molecule has 1 fully saturated rings. The van der Waals surface area contributed by atoms with E-state index >= 15 is 0 Å². The smallest absolute Gasteiger partial charge is 0.264 e. The molecule has 3 rings (SSSR count). The molecule has 2 aliphatic heterocycles. The normalized spacial score (nSPS) is 22.1. The van der Waals surface area contributed by atoms with Gasteiger partial charge in [-0.15, -0.1) is 0 Å². The summed E-state index contributed by atoms with van der Waals surface area (Å²) >= 11 is 0. The highest BCUT2D eigenvalue weighted by Crippen LogP contribution is 2.26. The van der Waals surface area contributed by atoms with Crippen molar-refractivity contribution in [2.24, 2.45) is 0 Å². The second-order valence-corrected chi connectivity index (χ2v) is 4.65. The first-order chi connectivity index (χ1) is 9.49. The Labute approximate surface area is 112 Å².